The van der Waals surface area contributed by atoms with Gasteiger partial charge in [0.2, 0.25) is 5.91 Å². The summed E-state index contributed by atoms with van der Waals surface area (Å²) in [5.74, 6) is 5.09. The van der Waals surface area contributed by atoms with E-state index in [0.717, 1.165) is 12.0 Å². The second-order valence-corrected chi connectivity index (χ2v) is 6.38. The second-order valence-electron chi connectivity index (χ2n) is 6.38. The van der Waals surface area contributed by atoms with Gasteiger partial charge in [0, 0.05) is 29.7 Å². The van der Waals surface area contributed by atoms with Crippen molar-refractivity contribution in [1.29, 1.82) is 0 Å². The summed E-state index contributed by atoms with van der Waals surface area (Å²) in [6.07, 6.45) is 2.12. The highest BCUT2D eigenvalue weighted by Crippen LogP contribution is 2.29. The zero-order valence-corrected chi connectivity index (χ0v) is 15.2. The number of carbonyl (C=O) groups excluding carboxylic acids is 2. The van der Waals surface area contributed by atoms with Gasteiger partial charge in [-0.1, -0.05) is 12.1 Å². The van der Waals surface area contributed by atoms with E-state index in [4.69, 9.17) is 10.3 Å². The second kappa shape index (κ2) is 8.01. The lowest BCUT2D eigenvalue weighted by molar-refractivity contribution is -0.384. The number of hydrazone groups is 1. The Bertz CT molecular complexity index is 961. The number of furan rings is 1. The number of nitrogens with zero attached hydrogens (tertiary/aromatic N) is 2. The fourth-order valence-corrected chi connectivity index (χ4v) is 3.15. The summed E-state index contributed by atoms with van der Waals surface area (Å²) in [6, 6.07) is 5.75. The van der Waals surface area contributed by atoms with Gasteiger partial charge in [-0.05, 0) is 25.3 Å². The van der Waals surface area contributed by atoms with Gasteiger partial charge in [0.1, 0.15) is 5.76 Å². The van der Waals surface area contributed by atoms with Gasteiger partial charge in [-0.2, -0.15) is 5.10 Å². The van der Waals surface area contributed by atoms with E-state index in [1.807, 2.05) is 0 Å². The van der Waals surface area contributed by atoms with Crippen LogP contribution in [-0.2, 0) is 17.6 Å². The molecule has 0 radical (unpaired) electrons. The number of nitro groups is 1. The Balaban J connectivity index is 1.73. The number of nitrogens with two attached hydrogens (primary N) is 1. The Morgan fingerprint density at radius 2 is 2.00 bits per heavy atom. The maximum atomic E-state index is 12.2. The number of carbonyl (C=O) groups is 2. The molecule has 0 spiro atoms. The number of hydrazine groups is 1. The molecule has 146 valence electrons. The molecule has 1 aromatic heterocycles. The Kier molecular flexibility index (Phi) is 5.50. The van der Waals surface area contributed by atoms with E-state index in [9.17, 15) is 19.7 Å². The van der Waals surface area contributed by atoms with E-state index < -0.39 is 10.8 Å². The smallest absolute Gasteiger partial charge is 0.301 e. The fourth-order valence-electron chi connectivity index (χ4n) is 3.15. The Labute approximate surface area is 159 Å². The van der Waals surface area contributed by atoms with Crippen LogP contribution in [0.4, 0.5) is 5.69 Å². The van der Waals surface area contributed by atoms with Gasteiger partial charge in [-0.25, -0.2) is 11.3 Å². The predicted molar refractivity (Wildman–Crippen MR) is 99.5 cm³/mol. The number of hydrogen-bond acceptors (Lipinski definition) is 7. The first-order chi connectivity index (χ1) is 13.4. The molecule has 10 nitrogen and oxygen atoms in total. The van der Waals surface area contributed by atoms with Crippen LogP contribution < -0.4 is 16.7 Å². The normalized spacial score (nSPS) is 14.4. The minimum absolute atomic E-state index is 0.0346. The standard InChI is InChI=1S/C18H19N5O5/c1-10-16-13(3-2-4-14(16)28-17(10)18(25)20-19)21-22-15(24)9-11-5-7-12(8-6-11)23(26)27/h5-8H,2-4,9,19H2,1H3,(H,20,25)(H,22,24)/b21-13+. The van der Waals surface area contributed by atoms with Crippen LogP contribution in [0.3, 0.4) is 0 Å². The van der Waals surface area contributed by atoms with E-state index in [0.29, 0.717) is 35.4 Å². The highest BCUT2D eigenvalue weighted by atomic mass is 16.6. The summed E-state index contributed by atoms with van der Waals surface area (Å²) in [7, 11) is 0. The van der Waals surface area contributed by atoms with Crippen LogP contribution in [0, 0.1) is 17.0 Å². The van der Waals surface area contributed by atoms with Crippen LogP contribution in [0.15, 0.2) is 33.8 Å². The number of nitrogen functional groups attached to an aromatic ring is 1. The van der Waals surface area contributed by atoms with Gasteiger partial charge in [0.15, 0.2) is 5.76 Å². The summed E-state index contributed by atoms with van der Waals surface area (Å²) >= 11 is 0. The zero-order valence-electron chi connectivity index (χ0n) is 15.2. The third-order valence-corrected chi connectivity index (χ3v) is 4.49. The van der Waals surface area contributed by atoms with Gasteiger partial charge in [-0.15, -0.1) is 0 Å². The summed E-state index contributed by atoms with van der Waals surface area (Å²) < 4.78 is 5.61. The lowest BCUT2D eigenvalue weighted by Gasteiger charge is -2.13. The summed E-state index contributed by atoms with van der Waals surface area (Å²) in [5.41, 5.74) is 7.14. The van der Waals surface area contributed by atoms with Crippen molar-refractivity contribution in [3.63, 3.8) is 0 Å². The number of amides is 2. The molecule has 0 atom stereocenters. The van der Waals surface area contributed by atoms with E-state index in [1.165, 1.54) is 24.3 Å². The van der Waals surface area contributed by atoms with E-state index >= 15 is 0 Å². The molecule has 0 fully saturated rings. The lowest BCUT2D eigenvalue weighted by atomic mass is 9.93. The first-order valence-corrected chi connectivity index (χ1v) is 8.63. The third kappa shape index (κ3) is 3.91. The fraction of sp³-hybridized carbons (Fsp3) is 0.278. The Morgan fingerprint density at radius 3 is 2.64 bits per heavy atom. The van der Waals surface area contributed by atoms with Crippen molar-refractivity contribution in [2.24, 2.45) is 10.9 Å². The molecule has 0 unspecified atom stereocenters. The van der Waals surface area contributed by atoms with Crippen LogP contribution >= 0.6 is 0 Å². The molecule has 10 heteroatoms. The van der Waals surface area contributed by atoms with E-state index in [2.05, 4.69) is 16.0 Å². The molecule has 1 aliphatic rings. The average molecular weight is 385 g/mol. The van der Waals surface area contributed by atoms with Crippen molar-refractivity contribution >= 4 is 23.2 Å². The molecule has 0 saturated heterocycles. The topological polar surface area (TPSA) is 153 Å². The minimum atomic E-state index is -0.520. The largest absolute Gasteiger partial charge is 0.455 e. The van der Waals surface area contributed by atoms with Gasteiger partial charge in [0.05, 0.1) is 17.1 Å². The lowest BCUT2D eigenvalue weighted by Crippen LogP contribution is -2.30. The van der Waals surface area contributed by atoms with Crippen LogP contribution in [0.5, 0.6) is 0 Å². The SMILES string of the molecule is Cc1c(C(=O)NN)oc2c1/C(=N/NC(=O)Cc1ccc([N+](=O)[O-])cc1)CCC2. The summed E-state index contributed by atoms with van der Waals surface area (Å²) in [4.78, 5) is 34.2. The molecule has 28 heavy (non-hydrogen) atoms. The molecule has 1 heterocycles. The quantitative estimate of drug-likeness (QED) is 0.307. The summed E-state index contributed by atoms with van der Waals surface area (Å²) in [5, 5.41) is 14.9. The molecular formula is C18H19N5O5. The van der Waals surface area contributed by atoms with Gasteiger partial charge in [-0.3, -0.25) is 25.1 Å². The molecule has 0 bridgehead atoms. The molecule has 3 rings (SSSR count). The van der Waals surface area contributed by atoms with Crippen molar-refractivity contribution < 1.29 is 18.9 Å². The third-order valence-electron chi connectivity index (χ3n) is 4.49. The Morgan fingerprint density at radius 1 is 1.29 bits per heavy atom. The molecule has 2 amide bonds. The number of benzene rings is 1. The van der Waals surface area contributed by atoms with Crippen molar-refractivity contribution in [3.8, 4) is 0 Å². The number of aryl methyl sites for hydroxylation is 1. The number of nitro benzene ring substituents is 1. The van der Waals surface area contributed by atoms with Crippen molar-refractivity contribution in [2.75, 3.05) is 0 Å². The molecule has 4 N–H and O–H groups in total. The van der Waals surface area contributed by atoms with Gasteiger partial charge >= 0.3 is 5.91 Å². The van der Waals surface area contributed by atoms with Crippen LogP contribution in [0.25, 0.3) is 0 Å². The maximum absolute atomic E-state index is 12.2. The predicted octanol–water partition coefficient (Wildman–Crippen LogP) is 1.50. The average Bonchev–Trinajstić information content (AvgIpc) is 3.03. The van der Waals surface area contributed by atoms with Crippen LogP contribution in [0.1, 0.15) is 45.8 Å². The first kappa shape index (κ1) is 19.2. The molecule has 1 aliphatic carbocycles. The van der Waals surface area contributed by atoms with E-state index in [1.54, 1.807) is 6.92 Å². The molecule has 0 aliphatic heterocycles. The van der Waals surface area contributed by atoms with Gasteiger partial charge in [0.25, 0.3) is 5.69 Å². The van der Waals surface area contributed by atoms with Gasteiger partial charge < -0.3 is 4.42 Å². The molecular weight excluding hydrogens is 366 g/mol. The molecule has 1 aromatic carbocycles. The zero-order chi connectivity index (χ0) is 20.3. The number of non-ortho nitro benzene ring substituents is 1. The minimum Gasteiger partial charge on any atom is -0.455 e. The number of fused-ring (bicyclic) bond motifs is 1. The van der Waals surface area contributed by atoms with Crippen LogP contribution in [0.2, 0.25) is 0 Å². The molecule has 0 saturated carbocycles. The van der Waals surface area contributed by atoms with E-state index in [-0.39, 0.29) is 23.8 Å². The number of rotatable bonds is 5. The van der Waals surface area contributed by atoms with Crippen LogP contribution in [-0.4, -0.2) is 22.4 Å². The number of nitrogens with one attached hydrogen (secondary N) is 2. The highest BCUT2D eigenvalue weighted by molar-refractivity contribution is 6.06. The highest BCUT2D eigenvalue weighted by Gasteiger charge is 2.27. The summed E-state index contributed by atoms with van der Waals surface area (Å²) in [6.45, 7) is 1.74. The maximum Gasteiger partial charge on any atom is 0.301 e. The van der Waals surface area contributed by atoms with Crippen molar-refractivity contribution in [1.82, 2.24) is 10.9 Å². The van der Waals surface area contributed by atoms with Crippen molar-refractivity contribution in [3.05, 3.63) is 62.6 Å². The molecule has 2 aromatic rings. The number of hydrogen-bond donors (Lipinski definition) is 3. The van der Waals surface area contributed by atoms with Crippen molar-refractivity contribution in [2.45, 2.75) is 32.6 Å². The monoisotopic (exact) mass is 385 g/mol. The Hall–Kier alpha value is -3.53. The first-order valence-electron chi connectivity index (χ1n) is 8.63.